The van der Waals surface area contributed by atoms with Crippen molar-refractivity contribution in [1.82, 2.24) is 5.32 Å². The zero-order valence-corrected chi connectivity index (χ0v) is 18.4. The van der Waals surface area contributed by atoms with Gasteiger partial charge in [0, 0.05) is 6.54 Å². The van der Waals surface area contributed by atoms with E-state index in [-0.39, 0.29) is 5.91 Å². The number of carbonyl (C=O) groups excluding carboxylic acids is 1. The molecule has 0 aromatic heterocycles. The molecule has 0 bridgehead atoms. The molecule has 0 saturated carbocycles. The zero-order chi connectivity index (χ0) is 20.3. The first-order valence-corrected chi connectivity index (χ1v) is 11.4. The third-order valence-corrected chi connectivity index (χ3v) is 10.4. The maximum absolute atomic E-state index is 16.3. The largest absolute Gasteiger partial charge is 0.352 e. The molecular formula is C23H32FNOSi. The molecule has 2 rings (SSSR count). The number of hydrogen-bond acceptors (Lipinski definition) is 1. The summed E-state index contributed by atoms with van der Waals surface area (Å²) < 4.78 is 16.3. The Hall–Kier alpha value is -1.94. The molecule has 0 atom stereocenters. The highest BCUT2D eigenvalue weighted by molar-refractivity contribution is 6.90. The van der Waals surface area contributed by atoms with E-state index in [1.165, 1.54) is 0 Å². The molecule has 1 N–H and O–H groups in total. The first-order chi connectivity index (χ1) is 12.4. The third kappa shape index (κ3) is 4.86. The molecule has 2 nitrogen and oxygen atoms in total. The summed E-state index contributed by atoms with van der Waals surface area (Å²) in [6, 6.07) is 17.4. The summed E-state index contributed by atoms with van der Waals surface area (Å²) in [6.45, 7) is 12.5. The van der Waals surface area contributed by atoms with Gasteiger partial charge in [0.05, 0.1) is 6.42 Å². The third-order valence-electron chi connectivity index (χ3n) is 5.12. The van der Waals surface area contributed by atoms with Gasteiger partial charge in [-0.3, -0.25) is 4.79 Å². The molecule has 2 aromatic carbocycles. The lowest BCUT2D eigenvalue weighted by Crippen LogP contribution is -2.57. The SMILES string of the molecule is CC(C)(C)[Si](F)(c1ccc(CC(=O)NCc2ccccc2)cc1)C(C)(C)C. The lowest BCUT2D eigenvalue weighted by atomic mass is 10.1. The number of hydrogen-bond donors (Lipinski definition) is 1. The van der Waals surface area contributed by atoms with Crippen LogP contribution in [0.4, 0.5) is 4.11 Å². The van der Waals surface area contributed by atoms with Crippen molar-refractivity contribution in [3.05, 3.63) is 65.7 Å². The van der Waals surface area contributed by atoms with Gasteiger partial charge < -0.3 is 9.42 Å². The lowest BCUT2D eigenvalue weighted by molar-refractivity contribution is -0.120. The summed E-state index contributed by atoms with van der Waals surface area (Å²) in [4.78, 5) is 12.2. The Balaban J connectivity index is 2.09. The predicted molar refractivity (Wildman–Crippen MR) is 114 cm³/mol. The summed E-state index contributed by atoms with van der Waals surface area (Å²) >= 11 is 0. The Morgan fingerprint density at radius 1 is 0.852 bits per heavy atom. The van der Waals surface area contributed by atoms with Crippen molar-refractivity contribution in [1.29, 1.82) is 0 Å². The van der Waals surface area contributed by atoms with E-state index in [1.54, 1.807) is 0 Å². The molecular weight excluding hydrogens is 353 g/mol. The van der Waals surface area contributed by atoms with Gasteiger partial charge in [0.2, 0.25) is 5.91 Å². The van der Waals surface area contributed by atoms with Gasteiger partial charge in [-0.2, -0.15) is 0 Å². The second-order valence-corrected chi connectivity index (χ2v) is 14.2. The molecule has 27 heavy (non-hydrogen) atoms. The number of rotatable bonds is 5. The Morgan fingerprint density at radius 3 is 1.85 bits per heavy atom. The van der Waals surface area contributed by atoms with Crippen molar-refractivity contribution in [2.24, 2.45) is 0 Å². The Morgan fingerprint density at radius 2 is 1.37 bits per heavy atom. The summed E-state index contributed by atoms with van der Waals surface area (Å²) in [5.41, 5.74) is 1.98. The van der Waals surface area contributed by atoms with E-state index in [4.69, 9.17) is 0 Å². The first kappa shape index (κ1) is 21.4. The fourth-order valence-electron chi connectivity index (χ4n) is 3.89. The van der Waals surface area contributed by atoms with Crippen LogP contribution in [0.15, 0.2) is 54.6 Å². The topological polar surface area (TPSA) is 29.1 Å². The molecule has 0 aliphatic carbocycles. The van der Waals surface area contributed by atoms with Gasteiger partial charge >= 0.3 is 0 Å². The molecule has 0 spiro atoms. The standard InChI is InChI=1S/C23H32FNOSi/c1-22(2,3)27(24,23(4,5)6)20-14-12-18(13-15-20)16-21(26)25-17-19-10-8-7-9-11-19/h7-15H,16-17H2,1-6H3,(H,25,26). The molecule has 0 saturated heterocycles. The van der Waals surface area contributed by atoms with Gasteiger partial charge in [-0.15, -0.1) is 0 Å². The molecule has 0 heterocycles. The molecule has 4 heteroatoms. The number of halogens is 1. The smallest absolute Gasteiger partial charge is 0.288 e. The number of carbonyl (C=O) groups is 1. The summed E-state index contributed by atoms with van der Waals surface area (Å²) in [6.07, 6.45) is 0.305. The van der Waals surface area contributed by atoms with Gasteiger partial charge in [0.25, 0.3) is 8.41 Å². The van der Waals surface area contributed by atoms with Crippen molar-refractivity contribution >= 4 is 19.5 Å². The zero-order valence-electron chi connectivity index (χ0n) is 17.4. The van der Waals surface area contributed by atoms with Crippen LogP contribution in [0.25, 0.3) is 0 Å². The minimum absolute atomic E-state index is 0.0259. The van der Waals surface area contributed by atoms with Crippen molar-refractivity contribution in [3.63, 3.8) is 0 Å². The van der Waals surface area contributed by atoms with Gasteiger partial charge in [-0.25, -0.2) is 0 Å². The first-order valence-electron chi connectivity index (χ1n) is 9.54. The van der Waals surface area contributed by atoms with Crippen molar-refractivity contribution in [2.45, 2.75) is 64.6 Å². The van der Waals surface area contributed by atoms with Crippen LogP contribution in [0.3, 0.4) is 0 Å². The molecule has 0 fully saturated rings. The van der Waals surface area contributed by atoms with Gasteiger partial charge in [0.1, 0.15) is 0 Å². The highest BCUT2D eigenvalue weighted by Gasteiger charge is 2.56. The van der Waals surface area contributed by atoms with E-state index < -0.39 is 18.5 Å². The van der Waals surface area contributed by atoms with Crippen LogP contribution in [-0.2, 0) is 17.8 Å². The van der Waals surface area contributed by atoms with Crippen molar-refractivity contribution in [2.75, 3.05) is 0 Å². The normalized spacial score (nSPS) is 12.7. The van der Waals surface area contributed by atoms with E-state index in [1.807, 2.05) is 96.1 Å². The Bertz CT molecular complexity index is 744. The average molecular weight is 386 g/mol. The number of nitrogens with one attached hydrogen (secondary N) is 1. The maximum atomic E-state index is 16.3. The van der Waals surface area contributed by atoms with E-state index in [2.05, 4.69) is 5.32 Å². The van der Waals surface area contributed by atoms with Crippen LogP contribution in [0.2, 0.25) is 10.1 Å². The summed E-state index contributed by atoms with van der Waals surface area (Å²) in [5, 5.41) is 2.93. The molecule has 0 radical (unpaired) electrons. The molecule has 146 valence electrons. The van der Waals surface area contributed by atoms with Gasteiger partial charge in [-0.05, 0) is 26.4 Å². The maximum Gasteiger partial charge on any atom is 0.288 e. The van der Waals surface area contributed by atoms with E-state index in [9.17, 15) is 4.79 Å². The highest BCUT2D eigenvalue weighted by Crippen LogP contribution is 2.51. The van der Waals surface area contributed by atoms with Gasteiger partial charge in [-0.1, -0.05) is 96.1 Å². The average Bonchev–Trinajstić information content (AvgIpc) is 2.59. The second-order valence-electron chi connectivity index (χ2n) is 9.29. The van der Waals surface area contributed by atoms with Crippen molar-refractivity contribution < 1.29 is 8.90 Å². The highest BCUT2D eigenvalue weighted by atomic mass is 28.4. The molecule has 0 unspecified atom stereocenters. The fraction of sp³-hybridized carbons (Fsp3) is 0.435. The van der Waals surface area contributed by atoms with Crippen LogP contribution < -0.4 is 10.5 Å². The Labute approximate surface area is 164 Å². The predicted octanol–water partition coefficient (Wildman–Crippen LogP) is 5.27. The van der Waals surface area contributed by atoms with E-state index in [0.717, 1.165) is 16.3 Å². The van der Waals surface area contributed by atoms with Crippen LogP contribution in [0.5, 0.6) is 0 Å². The molecule has 2 aromatic rings. The van der Waals surface area contributed by atoms with Crippen LogP contribution in [-0.4, -0.2) is 14.3 Å². The van der Waals surface area contributed by atoms with E-state index >= 15 is 4.11 Å². The molecule has 0 aliphatic heterocycles. The monoisotopic (exact) mass is 385 g/mol. The lowest BCUT2D eigenvalue weighted by Gasteiger charge is -2.44. The van der Waals surface area contributed by atoms with E-state index in [0.29, 0.717) is 13.0 Å². The van der Waals surface area contributed by atoms with Crippen molar-refractivity contribution in [3.8, 4) is 0 Å². The molecule has 1 amide bonds. The van der Waals surface area contributed by atoms with Crippen LogP contribution in [0, 0.1) is 0 Å². The summed E-state index contributed by atoms with van der Waals surface area (Å²) in [7, 11) is -3.25. The minimum atomic E-state index is -3.25. The number of benzene rings is 2. The summed E-state index contributed by atoms with van der Waals surface area (Å²) in [5.74, 6) is -0.0259. The van der Waals surface area contributed by atoms with Crippen LogP contribution >= 0.6 is 0 Å². The van der Waals surface area contributed by atoms with Crippen LogP contribution in [0.1, 0.15) is 52.7 Å². The Kier molecular flexibility index (Phi) is 6.30. The quantitative estimate of drug-likeness (QED) is 0.551. The number of amides is 1. The fourth-order valence-corrected chi connectivity index (χ4v) is 8.50. The molecule has 0 aliphatic rings. The van der Waals surface area contributed by atoms with Gasteiger partial charge in [0.15, 0.2) is 0 Å². The second kappa shape index (κ2) is 7.97. The minimum Gasteiger partial charge on any atom is -0.352 e.